The Bertz CT molecular complexity index is 964. The van der Waals surface area contributed by atoms with Crippen molar-refractivity contribution in [3.63, 3.8) is 0 Å². The van der Waals surface area contributed by atoms with Crippen LogP contribution in [0.2, 0.25) is 0 Å². The van der Waals surface area contributed by atoms with E-state index in [1.807, 2.05) is 25.1 Å². The maximum Gasteiger partial charge on any atom is 0.264 e. The molecule has 0 bridgehead atoms. The largest absolute Gasteiger partial charge is 0.394 e. The summed E-state index contributed by atoms with van der Waals surface area (Å²) in [5, 5.41) is 9.64. The number of nitrogens with zero attached hydrogens (tertiary/aromatic N) is 2. The van der Waals surface area contributed by atoms with Gasteiger partial charge in [-0.25, -0.2) is 4.39 Å². The van der Waals surface area contributed by atoms with Gasteiger partial charge in [0.1, 0.15) is 5.67 Å². The van der Waals surface area contributed by atoms with Crippen LogP contribution < -0.4 is 4.90 Å². The Balaban J connectivity index is 1.75. The van der Waals surface area contributed by atoms with Crippen molar-refractivity contribution in [2.24, 2.45) is 11.8 Å². The Morgan fingerprint density at radius 1 is 1.45 bits per heavy atom. The molecule has 0 saturated carbocycles. The summed E-state index contributed by atoms with van der Waals surface area (Å²) in [5.74, 6) is -1.53. The van der Waals surface area contributed by atoms with Crippen LogP contribution in [-0.2, 0) is 19.9 Å². The normalized spacial score (nSPS) is 31.5. The summed E-state index contributed by atoms with van der Waals surface area (Å²) < 4.78 is 23.1. The fourth-order valence-corrected chi connectivity index (χ4v) is 6.66. The van der Waals surface area contributed by atoms with E-state index in [1.54, 1.807) is 15.9 Å². The number of ether oxygens (including phenoxy) is 1. The number of hydrogen-bond acceptors (Lipinski definition) is 4. The summed E-state index contributed by atoms with van der Waals surface area (Å²) >= 11 is 2.20. The zero-order chi connectivity index (χ0) is 24.1. The maximum absolute atomic E-state index is 15.6. The predicted molar refractivity (Wildman–Crippen MR) is 133 cm³/mol. The van der Waals surface area contributed by atoms with E-state index in [9.17, 15) is 14.7 Å². The van der Waals surface area contributed by atoms with Gasteiger partial charge in [-0.3, -0.25) is 9.59 Å². The molecule has 8 heteroatoms. The van der Waals surface area contributed by atoms with E-state index < -0.39 is 29.2 Å². The molecule has 2 amide bonds. The molecule has 1 aromatic carbocycles. The molecule has 4 rings (SSSR count). The number of amides is 2. The number of aliphatic hydroxyl groups is 1. The minimum Gasteiger partial charge on any atom is -0.394 e. The van der Waals surface area contributed by atoms with Crippen molar-refractivity contribution < 1.29 is 23.8 Å². The number of fused-ring (bicyclic) bond motifs is 2. The second-order valence-corrected chi connectivity index (χ2v) is 11.2. The van der Waals surface area contributed by atoms with Gasteiger partial charge in [0.2, 0.25) is 5.91 Å². The van der Waals surface area contributed by atoms with Crippen molar-refractivity contribution >= 4 is 40.1 Å². The quantitative estimate of drug-likeness (QED) is 0.418. The molecular formula is C25H32FIN2O4. The summed E-state index contributed by atoms with van der Waals surface area (Å²) in [6, 6.07) is 5.55. The minimum absolute atomic E-state index is 0.0192. The van der Waals surface area contributed by atoms with Gasteiger partial charge in [0.05, 0.1) is 30.9 Å². The van der Waals surface area contributed by atoms with E-state index in [-0.39, 0.29) is 30.9 Å². The zero-order valence-electron chi connectivity index (χ0n) is 19.4. The van der Waals surface area contributed by atoms with Crippen molar-refractivity contribution in [2.45, 2.75) is 63.4 Å². The van der Waals surface area contributed by atoms with Gasteiger partial charge in [-0.2, -0.15) is 0 Å². The SMILES string of the molecule is C=CCN1C(=O)[C@]2(O[C@H](CC(=O)N3CCC[C@H]3CO)[C@@H](C(C)(C)F)[C@@H]2C)c2cc(I)ccc21. The molecule has 0 aliphatic carbocycles. The van der Waals surface area contributed by atoms with Crippen molar-refractivity contribution in [3.8, 4) is 0 Å². The van der Waals surface area contributed by atoms with E-state index in [4.69, 9.17) is 4.74 Å². The third-order valence-corrected chi connectivity index (χ3v) is 8.19. The molecule has 3 heterocycles. The number of benzene rings is 1. The Labute approximate surface area is 208 Å². The van der Waals surface area contributed by atoms with Crippen LogP contribution in [0.5, 0.6) is 0 Å². The van der Waals surface area contributed by atoms with E-state index in [0.29, 0.717) is 13.1 Å². The molecule has 2 fully saturated rings. The molecule has 33 heavy (non-hydrogen) atoms. The van der Waals surface area contributed by atoms with Gasteiger partial charge in [0.25, 0.3) is 5.91 Å². The summed E-state index contributed by atoms with van der Waals surface area (Å²) in [6.07, 6.45) is 2.48. The third-order valence-electron chi connectivity index (χ3n) is 7.52. The van der Waals surface area contributed by atoms with Gasteiger partial charge in [-0.1, -0.05) is 13.0 Å². The number of anilines is 1. The standard InChI is InChI=1S/C25H32FIN2O4/c1-5-10-29-19-9-8-16(27)12-18(19)25(23(29)32)15(2)22(24(3,4)26)20(33-25)13-21(31)28-11-6-7-17(28)14-30/h5,8-9,12,15,17,20,22,30H,1,6-7,10-11,13-14H2,2-4H3/t15-,17-,20+,22-,25+/m0/s1. The van der Waals surface area contributed by atoms with Crippen LogP contribution in [0.1, 0.15) is 45.6 Å². The zero-order valence-corrected chi connectivity index (χ0v) is 21.5. The first-order valence-corrected chi connectivity index (χ1v) is 12.6. The van der Waals surface area contributed by atoms with Gasteiger partial charge in [-0.05, 0) is 67.5 Å². The molecule has 0 aromatic heterocycles. The molecule has 5 atom stereocenters. The number of rotatable bonds is 6. The van der Waals surface area contributed by atoms with E-state index in [0.717, 1.165) is 27.7 Å². The van der Waals surface area contributed by atoms with Crippen LogP contribution in [0, 0.1) is 15.4 Å². The van der Waals surface area contributed by atoms with Crippen LogP contribution >= 0.6 is 22.6 Å². The van der Waals surface area contributed by atoms with Crippen LogP contribution in [0.4, 0.5) is 10.1 Å². The number of likely N-dealkylation sites (tertiary alicyclic amines) is 1. The van der Waals surface area contributed by atoms with Crippen LogP contribution in [0.3, 0.4) is 0 Å². The maximum atomic E-state index is 15.6. The number of carbonyl (C=O) groups excluding carboxylic acids is 2. The Morgan fingerprint density at radius 3 is 2.82 bits per heavy atom. The second-order valence-electron chi connectivity index (χ2n) is 9.91. The molecule has 6 nitrogen and oxygen atoms in total. The predicted octanol–water partition coefficient (Wildman–Crippen LogP) is 3.79. The molecule has 2 saturated heterocycles. The molecule has 3 aliphatic heterocycles. The number of carbonyl (C=O) groups is 2. The lowest BCUT2D eigenvalue weighted by Crippen LogP contribution is -2.45. The fraction of sp³-hybridized carbons (Fsp3) is 0.600. The summed E-state index contributed by atoms with van der Waals surface area (Å²) in [7, 11) is 0. The molecule has 1 N–H and O–H groups in total. The molecule has 0 unspecified atom stereocenters. The van der Waals surface area contributed by atoms with Crippen molar-refractivity contribution in [2.75, 3.05) is 24.6 Å². The fourth-order valence-electron chi connectivity index (χ4n) is 6.17. The van der Waals surface area contributed by atoms with E-state index in [1.165, 1.54) is 13.8 Å². The summed E-state index contributed by atoms with van der Waals surface area (Å²) in [6.45, 7) is 9.45. The van der Waals surface area contributed by atoms with E-state index >= 15 is 4.39 Å². The van der Waals surface area contributed by atoms with Gasteiger partial charge in [-0.15, -0.1) is 6.58 Å². The van der Waals surface area contributed by atoms with Crippen molar-refractivity contribution in [1.82, 2.24) is 4.90 Å². The van der Waals surface area contributed by atoms with Crippen LogP contribution in [0.25, 0.3) is 0 Å². The van der Waals surface area contributed by atoms with E-state index in [2.05, 4.69) is 29.2 Å². The summed E-state index contributed by atoms with van der Waals surface area (Å²) in [5.41, 5.74) is -1.54. The second kappa shape index (κ2) is 8.92. The Morgan fingerprint density at radius 2 is 2.18 bits per heavy atom. The van der Waals surface area contributed by atoms with Crippen LogP contribution in [-0.4, -0.2) is 59.3 Å². The first kappa shape index (κ1) is 24.6. The Kier molecular flexibility index (Phi) is 6.65. The van der Waals surface area contributed by atoms with Gasteiger partial charge in [0.15, 0.2) is 5.60 Å². The molecule has 1 spiro atoms. The summed E-state index contributed by atoms with van der Waals surface area (Å²) in [4.78, 5) is 30.4. The Hall–Kier alpha value is -1.52. The monoisotopic (exact) mass is 570 g/mol. The number of aliphatic hydroxyl groups excluding tert-OH is 1. The van der Waals surface area contributed by atoms with Gasteiger partial charge in [0, 0.05) is 34.1 Å². The topological polar surface area (TPSA) is 70.1 Å². The average molecular weight is 570 g/mol. The molecule has 1 aromatic rings. The van der Waals surface area contributed by atoms with Crippen molar-refractivity contribution in [3.05, 3.63) is 40.0 Å². The highest BCUT2D eigenvalue weighted by molar-refractivity contribution is 14.1. The van der Waals surface area contributed by atoms with Gasteiger partial charge >= 0.3 is 0 Å². The molecular weight excluding hydrogens is 538 g/mol. The third kappa shape index (κ3) is 3.91. The lowest BCUT2D eigenvalue weighted by Gasteiger charge is -2.32. The first-order chi connectivity index (χ1) is 15.6. The molecule has 180 valence electrons. The van der Waals surface area contributed by atoms with Crippen molar-refractivity contribution in [1.29, 1.82) is 0 Å². The highest BCUT2D eigenvalue weighted by atomic mass is 127. The van der Waals surface area contributed by atoms with Gasteiger partial charge < -0.3 is 19.6 Å². The van der Waals surface area contributed by atoms with Crippen LogP contribution in [0.15, 0.2) is 30.9 Å². The highest BCUT2D eigenvalue weighted by Gasteiger charge is 2.66. The number of halogens is 2. The lowest BCUT2D eigenvalue weighted by atomic mass is 9.71. The minimum atomic E-state index is -1.66. The lowest BCUT2D eigenvalue weighted by molar-refractivity contribution is -0.150. The average Bonchev–Trinajstić information content (AvgIpc) is 3.39. The molecule has 3 aliphatic rings. The number of alkyl halides is 1. The number of hydrogen-bond donors (Lipinski definition) is 1. The first-order valence-electron chi connectivity index (χ1n) is 11.6. The highest BCUT2D eigenvalue weighted by Crippen LogP contribution is 2.58. The molecule has 0 radical (unpaired) electrons. The smallest absolute Gasteiger partial charge is 0.264 e.